The highest BCUT2D eigenvalue weighted by Crippen LogP contribution is 2.31. The lowest BCUT2D eigenvalue weighted by Crippen LogP contribution is -2.31. The van der Waals surface area contributed by atoms with Crippen LogP contribution in [0.3, 0.4) is 0 Å². The third kappa shape index (κ3) is 3.54. The smallest absolute Gasteiger partial charge is 0.140 e. The molecule has 0 amide bonds. The standard InChI is InChI=1S/C10H13Cl2NO2/c1-14-6-7(5-13)15-9-4-2-3-8(11)10(9)12/h2-4,7H,5-6,13H2,1H3. The number of hydrogen-bond acceptors (Lipinski definition) is 3. The van der Waals surface area contributed by atoms with Crippen molar-refractivity contribution in [2.24, 2.45) is 5.73 Å². The molecule has 0 fully saturated rings. The van der Waals surface area contributed by atoms with Gasteiger partial charge in [-0.2, -0.15) is 0 Å². The van der Waals surface area contributed by atoms with E-state index in [9.17, 15) is 0 Å². The lowest BCUT2D eigenvalue weighted by molar-refractivity contribution is 0.0861. The summed E-state index contributed by atoms with van der Waals surface area (Å²) in [5.74, 6) is 0.525. The van der Waals surface area contributed by atoms with E-state index in [0.29, 0.717) is 28.9 Å². The molecule has 0 bridgehead atoms. The van der Waals surface area contributed by atoms with Gasteiger partial charge in [-0.15, -0.1) is 0 Å². The second-order valence-electron chi connectivity index (χ2n) is 2.98. The van der Waals surface area contributed by atoms with Crippen molar-refractivity contribution < 1.29 is 9.47 Å². The molecule has 3 nitrogen and oxygen atoms in total. The summed E-state index contributed by atoms with van der Waals surface area (Å²) in [6.07, 6.45) is -0.217. The molecule has 0 saturated carbocycles. The maximum atomic E-state index is 5.96. The molecule has 0 heterocycles. The van der Waals surface area contributed by atoms with Gasteiger partial charge in [-0.3, -0.25) is 0 Å². The van der Waals surface area contributed by atoms with Crippen LogP contribution in [0.4, 0.5) is 0 Å². The Hall–Kier alpha value is -0.480. The molecule has 2 N–H and O–H groups in total. The molecule has 0 spiro atoms. The quantitative estimate of drug-likeness (QED) is 0.872. The van der Waals surface area contributed by atoms with Crippen molar-refractivity contribution in [3.8, 4) is 5.75 Å². The second-order valence-corrected chi connectivity index (χ2v) is 3.77. The van der Waals surface area contributed by atoms with Gasteiger partial charge >= 0.3 is 0 Å². The lowest BCUT2D eigenvalue weighted by atomic mass is 10.3. The van der Waals surface area contributed by atoms with Crippen LogP contribution in [0.5, 0.6) is 5.75 Å². The molecule has 0 aromatic heterocycles. The zero-order valence-electron chi connectivity index (χ0n) is 8.37. The second kappa shape index (κ2) is 6.18. The number of nitrogens with two attached hydrogens (primary N) is 1. The van der Waals surface area contributed by atoms with Crippen molar-refractivity contribution >= 4 is 23.2 Å². The lowest BCUT2D eigenvalue weighted by Gasteiger charge is -2.17. The Morgan fingerprint density at radius 3 is 2.73 bits per heavy atom. The summed E-state index contributed by atoms with van der Waals surface area (Å²) in [6, 6.07) is 5.21. The number of methoxy groups -OCH3 is 1. The third-order valence-corrected chi connectivity index (χ3v) is 2.63. The predicted molar refractivity (Wildman–Crippen MR) is 61.8 cm³/mol. The first-order chi connectivity index (χ1) is 7.19. The SMILES string of the molecule is COCC(CN)Oc1cccc(Cl)c1Cl. The van der Waals surface area contributed by atoms with Gasteiger partial charge in [0, 0.05) is 13.7 Å². The monoisotopic (exact) mass is 249 g/mol. The summed E-state index contributed by atoms with van der Waals surface area (Å²) in [4.78, 5) is 0. The van der Waals surface area contributed by atoms with Crippen molar-refractivity contribution in [1.82, 2.24) is 0 Å². The number of ether oxygens (including phenoxy) is 2. The molecule has 1 rings (SSSR count). The van der Waals surface area contributed by atoms with Gasteiger partial charge in [-0.05, 0) is 12.1 Å². The van der Waals surface area contributed by atoms with Crippen LogP contribution in [0.25, 0.3) is 0 Å². The topological polar surface area (TPSA) is 44.5 Å². The Kier molecular flexibility index (Phi) is 5.19. The van der Waals surface area contributed by atoms with Crippen LogP contribution in [0.1, 0.15) is 0 Å². The molecule has 0 aliphatic heterocycles. The van der Waals surface area contributed by atoms with Gasteiger partial charge in [0.15, 0.2) is 0 Å². The molecule has 5 heteroatoms. The van der Waals surface area contributed by atoms with E-state index >= 15 is 0 Å². The van der Waals surface area contributed by atoms with Gasteiger partial charge in [0.2, 0.25) is 0 Å². The molecule has 15 heavy (non-hydrogen) atoms. The van der Waals surface area contributed by atoms with Crippen molar-refractivity contribution in [2.75, 3.05) is 20.3 Å². The van der Waals surface area contributed by atoms with Crippen LogP contribution in [0.15, 0.2) is 18.2 Å². The maximum absolute atomic E-state index is 5.96. The molecule has 1 atom stereocenters. The van der Waals surface area contributed by atoms with Crippen LogP contribution in [-0.2, 0) is 4.74 Å². The summed E-state index contributed by atoms with van der Waals surface area (Å²) in [5, 5.41) is 0.857. The largest absolute Gasteiger partial charge is 0.485 e. The first kappa shape index (κ1) is 12.6. The van der Waals surface area contributed by atoms with E-state index in [-0.39, 0.29) is 6.10 Å². The fourth-order valence-electron chi connectivity index (χ4n) is 1.09. The van der Waals surface area contributed by atoms with E-state index in [1.165, 1.54) is 0 Å². The van der Waals surface area contributed by atoms with Crippen LogP contribution >= 0.6 is 23.2 Å². The molecule has 0 aliphatic carbocycles. The molecule has 1 aromatic rings. The summed E-state index contributed by atoms with van der Waals surface area (Å²) in [7, 11) is 1.59. The number of benzene rings is 1. The molecule has 84 valence electrons. The van der Waals surface area contributed by atoms with E-state index in [1.54, 1.807) is 25.3 Å². The molecule has 1 unspecified atom stereocenters. The van der Waals surface area contributed by atoms with Crippen molar-refractivity contribution in [1.29, 1.82) is 0 Å². The molecule has 0 saturated heterocycles. The predicted octanol–water partition coefficient (Wildman–Crippen LogP) is 2.35. The number of rotatable bonds is 5. The van der Waals surface area contributed by atoms with Crippen LogP contribution in [-0.4, -0.2) is 26.4 Å². The molecule has 0 radical (unpaired) electrons. The Morgan fingerprint density at radius 2 is 2.13 bits per heavy atom. The number of halogens is 2. The fourth-order valence-corrected chi connectivity index (χ4v) is 1.43. The minimum atomic E-state index is -0.217. The summed E-state index contributed by atoms with van der Waals surface area (Å²) >= 11 is 11.8. The molecule has 0 aliphatic rings. The van der Waals surface area contributed by atoms with E-state index in [2.05, 4.69) is 0 Å². The molecular weight excluding hydrogens is 237 g/mol. The van der Waals surface area contributed by atoms with E-state index in [1.807, 2.05) is 0 Å². The van der Waals surface area contributed by atoms with Crippen molar-refractivity contribution in [2.45, 2.75) is 6.10 Å². The van der Waals surface area contributed by atoms with Gasteiger partial charge < -0.3 is 15.2 Å². The van der Waals surface area contributed by atoms with Gasteiger partial charge in [0.25, 0.3) is 0 Å². The Balaban J connectivity index is 2.74. The molecule has 1 aromatic carbocycles. The highest BCUT2D eigenvalue weighted by atomic mass is 35.5. The fraction of sp³-hybridized carbons (Fsp3) is 0.400. The first-order valence-corrected chi connectivity index (χ1v) is 5.24. The third-order valence-electron chi connectivity index (χ3n) is 1.83. The number of hydrogen-bond donors (Lipinski definition) is 1. The minimum Gasteiger partial charge on any atom is -0.485 e. The zero-order chi connectivity index (χ0) is 11.3. The van der Waals surface area contributed by atoms with Gasteiger partial charge in [-0.25, -0.2) is 0 Å². The van der Waals surface area contributed by atoms with E-state index in [0.717, 1.165) is 0 Å². The summed E-state index contributed by atoms with van der Waals surface area (Å²) in [6.45, 7) is 0.774. The summed E-state index contributed by atoms with van der Waals surface area (Å²) in [5.41, 5.74) is 5.51. The molecular formula is C10H13Cl2NO2. The van der Waals surface area contributed by atoms with Crippen LogP contribution < -0.4 is 10.5 Å². The van der Waals surface area contributed by atoms with Gasteiger partial charge in [0.05, 0.1) is 11.6 Å². The average molecular weight is 250 g/mol. The van der Waals surface area contributed by atoms with E-state index in [4.69, 9.17) is 38.4 Å². The highest BCUT2D eigenvalue weighted by Gasteiger charge is 2.11. The first-order valence-electron chi connectivity index (χ1n) is 4.48. The van der Waals surface area contributed by atoms with Crippen LogP contribution in [0.2, 0.25) is 10.0 Å². The van der Waals surface area contributed by atoms with Crippen LogP contribution in [0, 0.1) is 0 Å². The Bertz CT molecular complexity index is 320. The zero-order valence-corrected chi connectivity index (χ0v) is 9.89. The minimum absolute atomic E-state index is 0.217. The highest BCUT2D eigenvalue weighted by molar-refractivity contribution is 6.42. The summed E-state index contributed by atoms with van der Waals surface area (Å²) < 4.78 is 10.5. The normalized spacial score (nSPS) is 12.5. The Labute approximate surface area is 99.1 Å². The average Bonchev–Trinajstić information content (AvgIpc) is 2.24. The maximum Gasteiger partial charge on any atom is 0.140 e. The van der Waals surface area contributed by atoms with Gasteiger partial charge in [0.1, 0.15) is 16.9 Å². The van der Waals surface area contributed by atoms with Crippen molar-refractivity contribution in [3.63, 3.8) is 0 Å². The van der Waals surface area contributed by atoms with E-state index < -0.39 is 0 Å². The van der Waals surface area contributed by atoms with Crippen molar-refractivity contribution in [3.05, 3.63) is 28.2 Å². The van der Waals surface area contributed by atoms with Gasteiger partial charge in [-0.1, -0.05) is 29.3 Å². The Morgan fingerprint density at radius 1 is 1.40 bits per heavy atom.